The van der Waals surface area contributed by atoms with E-state index in [0.29, 0.717) is 0 Å². The van der Waals surface area contributed by atoms with Gasteiger partial charge in [-0.3, -0.25) is 4.79 Å². The molecule has 0 radical (unpaired) electrons. The molecule has 0 aliphatic heterocycles. The highest BCUT2D eigenvalue weighted by Gasteiger charge is 2.19. The summed E-state index contributed by atoms with van der Waals surface area (Å²) in [5.74, 6) is 0.239. The average Bonchev–Trinajstić information content (AvgIpc) is 3.14. The molecule has 2 N–H and O–H groups in total. The molecule has 3 heteroatoms. The summed E-state index contributed by atoms with van der Waals surface area (Å²) in [5, 5.41) is 12.1. The maximum Gasteiger partial charge on any atom is 0.307 e. The Morgan fingerprint density at radius 3 is 2.50 bits per heavy atom. The van der Waals surface area contributed by atoms with Crippen molar-refractivity contribution in [1.29, 1.82) is 0 Å². The van der Waals surface area contributed by atoms with Gasteiger partial charge in [0.2, 0.25) is 0 Å². The minimum absolute atomic E-state index is 0.106. The van der Waals surface area contributed by atoms with Crippen LogP contribution in [0.4, 0.5) is 0 Å². The molecule has 1 saturated carbocycles. The molecule has 0 bridgehead atoms. The quantitative estimate of drug-likeness (QED) is 0.694. The third-order valence-corrected chi connectivity index (χ3v) is 3.37. The molecule has 0 amide bonds. The fourth-order valence-corrected chi connectivity index (χ4v) is 2.10. The van der Waals surface area contributed by atoms with Gasteiger partial charge in [0, 0.05) is 6.54 Å². The van der Waals surface area contributed by atoms with Crippen molar-refractivity contribution in [3.05, 3.63) is 35.4 Å². The predicted molar refractivity (Wildman–Crippen MR) is 71.4 cm³/mol. The van der Waals surface area contributed by atoms with E-state index >= 15 is 0 Å². The molecule has 0 atom stereocenters. The van der Waals surface area contributed by atoms with E-state index < -0.39 is 5.97 Å². The van der Waals surface area contributed by atoms with Crippen LogP contribution in [-0.4, -0.2) is 17.6 Å². The number of carboxylic acid groups (broad SMARTS) is 1. The van der Waals surface area contributed by atoms with E-state index in [0.717, 1.165) is 24.6 Å². The van der Waals surface area contributed by atoms with E-state index in [1.165, 1.54) is 31.2 Å². The van der Waals surface area contributed by atoms with E-state index in [2.05, 4.69) is 5.32 Å². The van der Waals surface area contributed by atoms with E-state index in [4.69, 9.17) is 5.11 Å². The second kappa shape index (κ2) is 6.55. The largest absolute Gasteiger partial charge is 0.481 e. The predicted octanol–water partition coefficient (Wildman–Crippen LogP) is 2.59. The Labute approximate surface area is 108 Å². The average molecular weight is 247 g/mol. The van der Waals surface area contributed by atoms with E-state index in [-0.39, 0.29) is 6.42 Å². The van der Waals surface area contributed by atoms with Crippen molar-refractivity contribution in [2.24, 2.45) is 5.92 Å². The standard InChI is InChI=1S/C15H21NO2/c17-15(18)10-13-5-7-14(8-6-13)11-16-9-1-2-12-3-4-12/h5-8,12,16H,1-4,9-11H2,(H,17,18). The SMILES string of the molecule is O=C(O)Cc1ccc(CNCCCC2CC2)cc1. The number of benzene rings is 1. The Bertz CT molecular complexity index is 382. The number of hydrogen-bond acceptors (Lipinski definition) is 2. The summed E-state index contributed by atoms with van der Waals surface area (Å²) >= 11 is 0. The molecule has 0 aromatic heterocycles. The lowest BCUT2D eigenvalue weighted by Crippen LogP contribution is -2.14. The normalized spacial score (nSPS) is 14.7. The molecule has 2 rings (SSSR count). The molecule has 98 valence electrons. The zero-order chi connectivity index (χ0) is 12.8. The van der Waals surface area contributed by atoms with E-state index in [1.807, 2.05) is 24.3 Å². The van der Waals surface area contributed by atoms with Gasteiger partial charge in [-0.1, -0.05) is 37.1 Å². The summed E-state index contributed by atoms with van der Waals surface area (Å²) in [7, 11) is 0. The van der Waals surface area contributed by atoms with Crippen molar-refractivity contribution in [1.82, 2.24) is 5.32 Å². The number of aliphatic carboxylic acids is 1. The van der Waals surface area contributed by atoms with Gasteiger partial charge in [-0.25, -0.2) is 0 Å². The maximum atomic E-state index is 10.5. The van der Waals surface area contributed by atoms with Crippen LogP contribution < -0.4 is 5.32 Å². The second-order valence-electron chi connectivity index (χ2n) is 5.15. The lowest BCUT2D eigenvalue weighted by molar-refractivity contribution is -0.136. The minimum atomic E-state index is -0.777. The van der Waals surface area contributed by atoms with Crippen LogP contribution in [0.2, 0.25) is 0 Å². The van der Waals surface area contributed by atoms with Crippen LogP contribution in [0.5, 0.6) is 0 Å². The molecule has 1 aliphatic rings. The van der Waals surface area contributed by atoms with Crippen molar-refractivity contribution in [2.45, 2.75) is 38.6 Å². The number of rotatable bonds is 8. The van der Waals surface area contributed by atoms with Crippen LogP contribution in [-0.2, 0) is 17.8 Å². The van der Waals surface area contributed by atoms with E-state index in [1.54, 1.807) is 0 Å². The summed E-state index contributed by atoms with van der Waals surface area (Å²) in [6.07, 6.45) is 5.61. The molecule has 3 nitrogen and oxygen atoms in total. The van der Waals surface area contributed by atoms with Crippen LogP contribution >= 0.6 is 0 Å². The van der Waals surface area contributed by atoms with Gasteiger partial charge in [0.05, 0.1) is 6.42 Å². The molecule has 1 fully saturated rings. The van der Waals surface area contributed by atoms with Gasteiger partial charge in [-0.15, -0.1) is 0 Å². The van der Waals surface area contributed by atoms with E-state index in [9.17, 15) is 4.79 Å². The van der Waals surface area contributed by atoms with Gasteiger partial charge in [-0.2, -0.15) is 0 Å². The third-order valence-electron chi connectivity index (χ3n) is 3.37. The molecule has 18 heavy (non-hydrogen) atoms. The lowest BCUT2D eigenvalue weighted by atomic mass is 10.1. The Balaban J connectivity index is 1.63. The Morgan fingerprint density at radius 1 is 1.22 bits per heavy atom. The molecule has 0 spiro atoms. The highest BCUT2D eigenvalue weighted by atomic mass is 16.4. The lowest BCUT2D eigenvalue weighted by Gasteiger charge is -2.05. The van der Waals surface area contributed by atoms with Gasteiger partial charge < -0.3 is 10.4 Å². The highest BCUT2D eigenvalue weighted by molar-refractivity contribution is 5.70. The van der Waals surface area contributed by atoms with Crippen LogP contribution in [0.25, 0.3) is 0 Å². The first kappa shape index (κ1) is 13.1. The van der Waals surface area contributed by atoms with Crippen LogP contribution in [0.1, 0.15) is 36.8 Å². The van der Waals surface area contributed by atoms with Crippen LogP contribution in [0.3, 0.4) is 0 Å². The number of nitrogens with one attached hydrogen (secondary N) is 1. The summed E-state index contributed by atoms with van der Waals surface area (Å²) < 4.78 is 0. The molecule has 1 aromatic rings. The summed E-state index contributed by atoms with van der Waals surface area (Å²) in [6.45, 7) is 1.95. The highest BCUT2D eigenvalue weighted by Crippen LogP contribution is 2.33. The van der Waals surface area contributed by atoms with Crippen LogP contribution in [0.15, 0.2) is 24.3 Å². The number of carbonyl (C=O) groups is 1. The van der Waals surface area contributed by atoms with Gasteiger partial charge in [0.25, 0.3) is 0 Å². The maximum absolute atomic E-state index is 10.5. The molecular weight excluding hydrogens is 226 g/mol. The third kappa shape index (κ3) is 4.88. The van der Waals surface area contributed by atoms with Crippen molar-refractivity contribution < 1.29 is 9.90 Å². The van der Waals surface area contributed by atoms with Crippen LogP contribution in [0, 0.1) is 5.92 Å². The molecular formula is C15H21NO2. The summed E-state index contributed by atoms with van der Waals surface area (Å²) in [6, 6.07) is 7.81. The zero-order valence-electron chi connectivity index (χ0n) is 10.7. The minimum Gasteiger partial charge on any atom is -0.481 e. The van der Waals surface area contributed by atoms with Gasteiger partial charge in [0.15, 0.2) is 0 Å². The van der Waals surface area contributed by atoms with Crippen molar-refractivity contribution in [2.75, 3.05) is 6.54 Å². The topological polar surface area (TPSA) is 49.3 Å². The first-order valence-electron chi connectivity index (χ1n) is 6.74. The Kier molecular flexibility index (Phi) is 4.76. The smallest absolute Gasteiger partial charge is 0.307 e. The summed E-state index contributed by atoms with van der Waals surface area (Å²) in [5.41, 5.74) is 2.08. The first-order chi connectivity index (χ1) is 8.74. The molecule has 1 aromatic carbocycles. The number of hydrogen-bond donors (Lipinski definition) is 2. The van der Waals surface area contributed by atoms with Crippen molar-refractivity contribution in [3.8, 4) is 0 Å². The van der Waals surface area contributed by atoms with Gasteiger partial charge in [-0.05, 0) is 36.4 Å². The Hall–Kier alpha value is -1.35. The fraction of sp³-hybridized carbons (Fsp3) is 0.533. The fourth-order valence-electron chi connectivity index (χ4n) is 2.10. The molecule has 0 unspecified atom stereocenters. The molecule has 1 aliphatic carbocycles. The van der Waals surface area contributed by atoms with Gasteiger partial charge >= 0.3 is 5.97 Å². The molecule has 0 heterocycles. The van der Waals surface area contributed by atoms with Gasteiger partial charge in [0.1, 0.15) is 0 Å². The Morgan fingerprint density at radius 2 is 1.89 bits per heavy atom. The monoisotopic (exact) mass is 247 g/mol. The zero-order valence-corrected chi connectivity index (χ0v) is 10.7. The van der Waals surface area contributed by atoms with Crippen molar-refractivity contribution in [3.63, 3.8) is 0 Å². The number of carboxylic acids is 1. The first-order valence-corrected chi connectivity index (χ1v) is 6.74. The molecule has 0 saturated heterocycles. The van der Waals surface area contributed by atoms with Crippen molar-refractivity contribution >= 4 is 5.97 Å². The second-order valence-corrected chi connectivity index (χ2v) is 5.15. The summed E-state index contributed by atoms with van der Waals surface area (Å²) in [4.78, 5) is 10.5.